The highest BCUT2D eigenvalue weighted by molar-refractivity contribution is 6.32. The number of halogens is 1. The summed E-state index contributed by atoms with van der Waals surface area (Å²) in [6.07, 6.45) is 0.0686. The van der Waals surface area contributed by atoms with E-state index in [1.165, 1.54) is 0 Å². The molecule has 0 aromatic heterocycles. The summed E-state index contributed by atoms with van der Waals surface area (Å²) in [4.78, 5) is 12.1. The molecule has 1 aromatic rings. The quantitative estimate of drug-likeness (QED) is 0.878. The highest BCUT2D eigenvalue weighted by Gasteiger charge is 2.28. The minimum absolute atomic E-state index is 0.00150. The Labute approximate surface area is 124 Å². The maximum absolute atomic E-state index is 12.1. The summed E-state index contributed by atoms with van der Waals surface area (Å²) in [6.45, 7) is 7.67. The molecular weight excluding hydrogens is 276 g/mol. The lowest BCUT2D eigenvalue weighted by Gasteiger charge is -2.31. The first-order chi connectivity index (χ1) is 9.47. The van der Waals surface area contributed by atoms with Crippen molar-refractivity contribution in [2.24, 2.45) is 11.8 Å². The standard InChI is InChI=1S/C15H21ClN2O2/c1-9(2)20-14-5-4-12(6-13(14)16)18-15(19)10(3)11-7-17-8-11/h4-6,9-11,17H,7-8H2,1-3H3,(H,18,19). The van der Waals surface area contributed by atoms with Crippen LogP contribution < -0.4 is 15.4 Å². The first kappa shape index (κ1) is 15.1. The third-order valence-electron chi connectivity index (χ3n) is 3.50. The van der Waals surface area contributed by atoms with Gasteiger partial charge in [-0.15, -0.1) is 0 Å². The van der Waals surface area contributed by atoms with Gasteiger partial charge in [0.2, 0.25) is 5.91 Å². The van der Waals surface area contributed by atoms with Gasteiger partial charge >= 0.3 is 0 Å². The number of ether oxygens (including phenoxy) is 1. The molecule has 0 spiro atoms. The van der Waals surface area contributed by atoms with Crippen LogP contribution in [-0.2, 0) is 4.79 Å². The second-order valence-corrected chi connectivity index (χ2v) is 5.92. The zero-order chi connectivity index (χ0) is 14.7. The average molecular weight is 297 g/mol. The summed E-state index contributed by atoms with van der Waals surface area (Å²) in [5, 5.41) is 6.59. The number of nitrogens with one attached hydrogen (secondary N) is 2. The molecule has 1 amide bonds. The van der Waals surface area contributed by atoms with Crippen molar-refractivity contribution < 1.29 is 9.53 Å². The number of benzene rings is 1. The van der Waals surface area contributed by atoms with Gasteiger partial charge in [0.15, 0.2) is 0 Å². The molecule has 110 valence electrons. The highest BCUT2D eigenvalue weighted by atomic mass is 35.5. The van der Waals surface area contributed by atoms with E-state index in [9.17, 15) is 4.79 Å². The zero-order valence-corrected chi connectivity index (χ0v) is 12.8. The smallest absolute Gasteiger partial charge is 0.227 e. The number of hydrogen-bond acceptors (Lipinski definition) is 3. The molecule has 0 bridgehead atoms. The summed E-state index contributed by atoms with van der Waals surface area (Å²) in [5.41, 5.74) is 0.704. The van der Waals surface area contributed by atoms with E-state index >= 15 is 0 Å². The molecule has 1 saturated heterocycles. The maximum Gasteiger partial charge on any atom is 0.227 e. The highest BCUT2D eigenvalue weighted by Crippen LogP contribution is 2.29. The molecule has 1 unspecified atom stereocenters. The van der Waals surface area contributed by atoms with Crippen LogP contribution >= 0.6 is 11.6 Å². The van der Waals surface area contributed by atoms with Gasteiger partial charge in [0.25, 0.3) is 0 Å². The Morgan fingerprint density at radius 2 is 2.10 bits per heavy atom. The number of anilines is 1. The molecular formula is C15H21ClN2O2. The molecule has 0 aliphatic carbocycles. The van der Waals surface area contributed by atoms with E-state index in [-0.39, 0.29) is 17.9 Å². The van der Waals surface area contributed by atoms with Gasteiger partial charge in [-0.25, -0.2) is 0 Å². The molecule has 1 aliphatic rings. The molecule has 1 aromatic carbocycles. The van der Waals surface area contributed by atoms with Crippen LogP contribution in [-0.4, -0.2) is 25.1 Å². The van der Waals surface area contributed by atoms with E-state index in [1.807, 2.05) is 26.8 Å². The fourth-order valence-electron chi connectivity index (χ4n) is 2.06. The number of carbonyl (C=O) groups is 1. The molecule has 0 saturated carbocycles. The molecule has 1 aliphatic heterocycles. The van der Waals surface area contributed by atoms with Gasteiger partial charge in [0, 0.05) is 11.6 Å². The first-order valence-corrected chi connectivity index (χ1v) is 7.33. The third-order valence-corrected chi connectivity index (χ3v) is 3.79. The fourth-order valence-corrected chi connectivity index (χ4v) is 2.29. The monoisotopic (exact) mass is 296 g/mol. The number of hydrogen-bond donors (Lipinski definition) is 2. The molecule has 0 radical (unpaired) electrons. The zero-order valence-electron chi connectivity index (χ0n) is 12.1. The van der Waals surface area contributed by atoms with Crippen molar-refractivity contribution in [3.8, 4) is 5.75 Å². The number of carbonyl (C=O) groups excluding carboxylic acids is 1. The minimum atomic E-state index is 0.00150. The fraction of sp³-hybridized carbons (Fsp3) is 0.533. The lowest BCUT2D eigenvalue weighted by Crippen LogP contribution is -2.48. The molecule has 2 rings (SSSR count). The van der Waals surface area contributed by atoms with Crippen LogP contribution in [0.4, 0.5) is 5.69 Å². The predicted molar refractivity (Wildman–Crippen MR) is 81.4 cm³/mol. The van der Waals surface area contributed by atoms with Crippen molar-refractivity contribution in [3.05, 3.63) is 23.2 Å². The van der Waals surface area contributed by atoms with Crippen LogP contribution in [0, 0.1) is 11.8 Å². The second kappa shape index (κ2) is 6.46. The van der Waals surface area contributed by atoms with E-state index < -0.39 is 0 Å². The normalized spacial score (nSPS) is 16.6. The predicted octanol–water partition coefficient (Wildman–Crippen LogP) is 2.92. The Hall–Kier alpha value is -1.26. The van der Waals surface area contributed by atoms with E-state index in [0.29, 0.717) is 22.4 Å². The van der Waals surface area contributed by atoms with Crippen LogP contribution in [0.25, 0.3) is 0 Å². The van der Waals surface area contributed by atoms with Gasteiger partial charge in [-0.3, -0.25) is 4.79 Å². The molecule has 1 heterocycles. The van der Waals surface area contributed by atoms with E-state index in [2.05, 4.69) is 10.6 Å². The SMILES string of the molecule is CC(C)Oc1ccc(NC(=O)C(C)C2CNC2)cc1Cl. The third kappa shape index (κ3) is 3.64. The second-order valence-electron chi connectivity index (χ2n) is 5.51. The van der Waals surface area contributed by atoms with Crippen molar-refractivity contribution in [2.75, 3.05) is 18.4 Å². The summed E-state index contributed by atoms with van der Waals surface area (Å²) >= 11 is 6.15. The molecule has 20 heavy (non-hydrogen) atoms. The minimum Gasteiger partial charge on any atom is -0.489 e. The van der Waals surface area contributed by atoms with Crippen molar-refractivity contribution in [1.29, 1.82) is 0 Å². The summed E-state index contributed by atoms with van der Waals surface area (Å²) in [6, 6.07) is 5.32. The Bertz CT molecular complexity index is 487. The van der Waals surface area contributed by atoms with Crippen LogP contribution in [0.5, 0.6) is 5.75 Å². The first-order valence-electron chi connectivity index (χ1n) is 6.95. The van der Waals surface area contributed by atoms with Gasteiger partial charge in [-0.1, -0.05) is 18.5 Å². The van der Waals surface area contributed by atoms with Crippen LogP contribution in [0.15, 0.2) is 18.2 Å². The van der Waals surface area contributed by atoms with Gasteiger partial charge in [0.05, 0.1) is 11.1 Å². The molecule has 4 nitrogen and oxygen atoms in total. The molecule has 2 N–H and O–H groups in total. The summed E-state index contributed by atoms with van der Waals surface area (Å²) in [7, 11) is 0. The van der Waals surface area contributed by atoms with Gasteiger partial charge in [0.1, 0.15) is 5.75 Å². The Kier molecular flexibility index (Phi) is 4.89. The lowest BCUT2D eigenvalue weighted by atomic mass is 9.88. The maximum atomic E-state index is 12.1. The van der Waals surface area contributed by atoms with E-state index in [1.54, 1.807) is 12.1 Å². The Morgan fingerprint density at radius 1 is 1.40 bits per heavy atom. The van der Waals surface area contributed by atoms with Crippen molar-refractivity contribution in [3.63, 3.8) is 0 Å². The largest absolute Gasteiger partial charge is 0.489 e. The van der Waals surface area contributed by atoms with Crippen LogP contribution in [0.2, 0.25) is 5.02 Å². The lowest BCUT2D eigenvalue weighted by molar-refractivity contribution is -0.121. The van der Waals surface area contributed by atoms with Crippen LogP contribution in [0.3, 0.4) is 0 Å². The van der Waals surface area contributed by atoms with Crippen molar-refractivity contribution in [2.45, 2.75) is 26.9 Å². The summed E-state index contributed by atoms with van der Waals surface area (Å²) < 4.78 is 5.56. The Balaban J connectivity index is 1.98. The number of amides is 1. The van der Waals surface area contributed by atoms with Crippen molar-refractivity contribution in [1.82, 2.24) is 5.32 Å². The van der Waals surface area contributed by atoms with Crippen LogP contribution in [0.1, 0.15) is 20.8 Å². The van der Waals surface area contributed by atoms with Crippen molar-refractivity contribution >= 4 is 23.2 Å². The van der Waals surface area contributed by atoms with Gasteiger partial charge < -0.3 is 15.4 Å². The molecule has 5 heteroatoms. The number of rotatable bonds is 5. The molecule has 1 atom stereocenters. The Morgan fingerprint density at radius 3 is 2.60 bits per heavy atom. The van der Waals surface area contributed by atoms with Gasteiger partial charge in [-0.05, 0) is 51.1 Å². The van der Waals surface area contributed by atoms with E-state index in [0.717, 1.165) is 13.1 Å². The van der Waals surface area contributed by atoms with E-state index in [4.69, 9.17) is 16.3 Å². The molecule has 1 fully saturated rings. The topological polar surface area (TPSA) is 50.4 Å². The average Bonchev–Trinajstić information content (AvgIpc) is 2.30. The van der Waals surface area contributed by atoms with Gasteiger partial charge in [-0.2, -0.15) is 0 Å². The summed E-state index contributed by atoms with van der Waals surface area (Å²) in [5.74, 6) is 1.09.